The molecule has 0 saturated carbocycles. The van der Waals surface area contributed by atoms with Gasteiger partial charge in [-0.15, -0.1) is 11.8 Å². The summed E-state index contributed by atoms with van der Waals surface area (Å²) in [7, 11) is -0.523. The molecule has 0 spiro atoms. The van der Waals surface area contributed by atoms with E-state index in [1.165, 1.54) is 35.3 Å². The lowest BCUT2D eigenvalue weighted by Crippen LogP contribution is -2.35. The van der Waals surface area contributed by atoms with E-state index in [0.29, 0.717) is 24.5 Å². The van der Waals surface area contributed by atoms with Gasteiger partial charge in [-0.2, -0.15) is 4.31 Å². The highest BCUT2D eigenvalue weighted by molar-refractivity contribution is 8.00. The molecule has 2 aromatic rings. The highest BCUT2D eigenvalue weighted by atomic mass is 32.2. The van der Waals surface area contributed by atoms with E-state index < -0.39 is 15.3 Å². The summed E-state index contributed by atoms with van der Waals surface area (Å²) in [5.74, 6) is 0.914. The molecule has 0 radical (unpaired) electrons. The number of sulfonamides is 1. The van der Waals surface area contributed by atoms with E-state index in [-0.39, 0.29) is 10.8 Å². The number of piperidine rings is 1. The minimum absolute atomic E-state index is 0.154. The van der Waals surface area contributed by atoms with Gasteiger partial charge in [-0.25, -0.2) is 8.42 Å². The third-order valence-corrected chi connectivity index (χ3v) is 8.13. The molecule has 31 heavy (non-hydrogen) atoms. The third-order valence-electron chi connectivity index (χ3n) is 5.12. The topological polar surface area (TPSA) is 84.9 Å². The average Bonchev–Trinajstić information content (AvgIpc) is 2.80. The first-order chi connectivity index (χ1) is 14.8. The van der Waals surface area contributed by atoms with Crippen LogP contribution in [0.2, 0.25) is 0 Å². The predicted octanol–water partition coefficient (Wildman–Crippen LogP) is 4.00. The van der Waals surface area contributed by atoms with E-state index in [4.69, 9.17) is 9.47 Å². The molecular formula is C22H28N2O5S2. The second-order valence-corrected chi connectivity index (χ2v) is 10.6. The molecule has 168 valence electrons. The molecule has 1 fully saturated rings. The van der Waals surface area contributed by atoms with Gasteiger partial charge in [0.2, 0.25) is 15.9 Å². The number of nitrogens with zero attached hydrogens (tertiary/aromatic N) is 1. The number of anilines is 1. The molecule has 1 heterocycles. The Balaban J connectivity index is 1.75. The maximum absolute atomic E-state index is 13.0. The Hall–Kier alpha value is -2.23. The average molecular weight is 465 g/mol. The number of hydrogen-bond acceptors (Lipinski definition) is 6. The number of benzene rings is 2. The zero-order valence-electron chi connectivity index (χ0n) is 18.0. The highest BCUT2D eigenvalue weighted by Gasteiger charge is 2.27. The summed E-state index contributed by atoms with van der Waals surface area (Å²) in [6.07, 6.45) is 2.76. The van der Waals surface area contributed by atoms with E-state index in [0.717, 1.165) is 29.9 Å². The summed E-state index contributed by atoms with van der Waals surface area (Å²) in [5, 5.41) is 2.42. The monoisotopic (exact) mass is 464 g/mol. The summed E-state index contributed by atoms with van der Waals surface area (Å²) >= 11 is 1.40. The lowest BCUT2D eigenvalue weighted by atomic mass is 10.2. The number of carbonyl (C=O) groups is 1. The van der Waals surface area contributed by atoms with Crippen LogP contribution in [0.4, 0.5) is 5.69 Å². The lowest BCUT2D eigenvalue weighted by molar-refractivity contribution is -0.115. The number of nitrogens with one attached hydrogen (secondary N) is 1. The number of amides is 1. The number of rotatable bonds is 8. The molecule has 7 nitrogen and oxygen atoms in total. The molecule has 1 atom stereocenters. The number of ether oxygens (including phenoxy) is 2. The van der Waals surface area contributed by atoms with Crippen molar-refractivity contribution in [2.24, 2.45) is 0 Å². The standard InChI is InChI=1S/C22H28N2O5S2/c1-16(30-18-9-7-17(28-2)8-10-18)22(25)23-20-15-19(11-12-21(20)29-3)31(26,27)24-13-5-4-6-14-24/h7-12,15-16H,4-6,13-14H2,1-3H3,(H,23,25)/t16-/m1/s1. The van der Waals surface area contributed by atoms with Gasteiger partial charge in [-0.3, -0.25) is 4.79 Å². The molecule has 9 heteroatoms. The van der Waals surface area contributed by atoms with Crippen molar-refractivity contribution in [2.75, 3.05) is 32.6 Å². The summed E-state index contributed by atoms with van der Waals surface area (Å²) < 4.78 is 38.0. The molecule has 1 amide bonds. The van der Waals surface area contributed by atoms with Gasteiger partial charge >= 0.3 is 0 Å². The first-order valence-corrected chi connectivity index (χ1v) is 12.5. The fourth-order valence-electron chi connectivity index (χ4n) is 3.35. The van der Waals surface area contributed by atoms with Crippen LogP contribution in [0.5, 0.6) is 11.5 Å². The highest BCUT2D eigenvalue weighted by Crippen LogP contribution is 2.31. The van der Waals surface area contributed by atoms with Crippen molar-refractivity contribution in [3.63, 3.8) is 0 Å². The van der Waals surface area contributed by atoms with E-state index >= 15 is 0 Å². The molecule has 0 bridgehead atoms. The Morgan fingerprint density at radius 1 is 1.03 bits per heavy atom. The minimum Gasteiger partial charge on any atom is -0.497 e. The molecule has 2 aromatic carbocycles. The fraction of sp³-hybridized carbons (Fsp3) is 0.409. The largest absolute Gasteiger partial charge is 0.497 e. The van der Waals surface area contributed by atoms with E-state index in [1.54, 1.807) is 20.1 Å². The van der Waals surface area contributed by atoms with E-state index in [9.17, 15) is 13.2 Å². The molecular weight excluding hydrogens is 436 g/mol. The molecule has 1 saturated heterocycles. The van der Waals surface area contributed by atoms with Gasteiger partial charge in [0.1, 0.15) is 11.5 Å². The van der Waals surface area contributed by atoms with Crippen molar-refractivity contribution in [3.05, 3.63) is 42.5 Å². The van der Waals surface area contributed by atoms with Crippen molar-refractivity contribution in [3.8, 4) is 11.5 Å². The Morgan fingerprint density at radius 3 is 2.32 bits per heavy atom. The number of methoxy groups -OCH3 is 2. The summed E-state index contributed by atoms with van der Waals surface area (Å²) in [5.41, 5.74) is 0.341. The molecule has 0 unspecified atom stereocenters. The minimum atomic E-state index is -3.61. The Labute approximate surface area is 188 Å². The molecule has 1 N–H and O–H groups in total. The Bertz CT molecular complexity index is 1000. The van der Waals surface area contributed by atoms with Crippen molar-refractivity contribution in [1.29, 1.82) is 0 Å². The molecule has 0 aliphatic carbocycles. The second kappa shape index (κ2) is 10.4. The molecule has 1 aliphatic rings. The van der Waals surface area contributed by atoms with Gasteiger partial charge in [0, 0.05) is 18.0 Å². The predicted molar refractivity (Wildman–Crippen MR) is 123 cm³/mol. The summed E-state index contributed by atoms with van der Waals surface area (Å²) in [4.78, 5) is 13.9. The van der Waals surface area contributed by atoms with Gasteiger partial charge < -0.3 is 14.8 Å². The van der Waals surface area contributed by atoms with Crippen molar-refractivity contribution in [1.82, 2.24) is 4.31 Å². The molecule has 1 aliphatic heterocycles. The first kappa shape index (κ1) is 23.4. The number of thioether (sulfide) groups is 1. The van der Waals surface area contributed by atoms with Crippen LogP contribution in [0.25, 0.3) is 0 Å². The van der Waals surface area contributed by atoms with Gasteiger partial charge in [0.15, 0.2) is 0 Å². The van der Waals surface area contributed by atoms with Crippen LogP contribution in [0.15, 0.2) is 52.3 Å². The number of hydrogen-bond donors (Lipinski definition) is 1. The van der Waals surface area contributed by atoms with Crippen LogP contribution >= 0.6 is 11.8 Å². The smallest absolute Gasteiger partial charge is 0.243 e. The number of carbonyl (C=O) groups excluding carboxylic acids is 1. The quantitative estimate of drug-likeness (QED) is 0.595. The van der Waals surface area contributed by atoms with Crippen molar-refractivity contribution in [2.45, 2.75) is 41.2 Å². The zero-order valence-corrected chi connectivity index (χ0v) is 19.6. The molecule has 3 rings (SSSR count). The fourth-order valence-corrected chi connectivity index (χ4v) is 5.76. The summed E-state index contributed by atoms with van der Waals surface area (Å²) in [6.45, 7) is 2.84. The van der Waals surface area contributed by atoms with Crippen LogP contribution in [0.3, 0.4) is 0 Å². The SMILES string of the molecule is COc1ccc(S[C@H](C)C(=O)Nc2cc(S(=O)(=O)N3CCCCC3)ccc2OC)cc1. The zero-order chi connectivity index (χ0) is 22.4. The second-order valence-electron chi connectivity index (χ2n) is 7.25. The van der Waals surface area contributed by atoms with Crippen LogP contribution in [-0.4, -0.2) is 51.2 Å². The maximum atomic E-state index is 13.0. The van der Waals surface area contributed by atoms with E-state index in [1.807, 2.05) is 24.3 Å². The Morgan fingerprint density at radius 2 is 1.71 bits per heavy atom. The third kappa shape index (κ3) is 5.72. The van der Waals surface area contributed by atoms with Gasteiger partial charge in [-0.1, -0.05) is 6.42 Å². The van der Waals surface area contributed by atoms with Crippen molar-refractivity contribution >= 4 is 33.4 Å². The van der Waals surface area contributed by atoms with Crippen LogP contribution in [0.1, 0.15) is 26.2 Å². The van der Waals surface area contributed by atoms with Crippen LogP contribution in [-0.2, 0) is 14.8 Å². The lowest BCUT2D eigenvalue weighted by Gasteiger charge is -2.26. The van der Waals surface area contributed by atoms with Crippen molar-refractivity contribution < 1.29 is 22.7 Å². The van der Waals surface area contributed by atoms with Crippen LogP contribution < -0.4 is 14.8 Å². The molecule has 0 aromatic heterocycles. The van der Waals surface area contributed by atoms with Gasteiger partial charge in [0.05, 0.1) is 30.1 Å². The Kier molecular flexibility index (Phi) is 7.85. The maximum Gasteiger partial charge on any atom is 0.243 e. The van der Waals surface area contributed by atoms with Gasteiger partial charge in [-0.05, 0) is 62.2 Å². The van der Waals surface area contributed by atoms with Crippen LogP contribution in [0, 0.1) is 0 Å². The normalized spacial score (nSPS) is 15.8. The van der Waals surface area contributed by atoms with E-state index in [2.05, 4.69) is 5.32 Å². The first-order valence-electron chi connectivity index (χ1n) is 10.1. The van der Waals surface area contributed by atoms with Gasteiger partial charge in [0.25, 0.3) is 0 Å². The summed E-state index contributed by atoms with van der Waals surface area (Å²) in [6, 6.07) is 12.0.